The number of ether oxygens (including phenoxy) is 7. The Morgan fingerprint density at radius 1 is 0.775 bits per heavy atom. The Hall–Kier alpha value is -5.75. The molecule has 9 atom stereocenters. The van der Waals surface area contributed by atoms with E-state index in [1.54, 1.807) is 12.7 Å². The quantitative estimate of drug-likeness (QED) is 0.100. The van der Waals surface area contributed by atoms with Gasteiger partial charge in [0.15, 0.2) is 47.0 Å². The lowest BCUT2D eigenvalue weighted by molar-refractivity contribution is -0.198. The number of benzene rings is 1. The fourth-order valence-corrected chi connectivity index (χ4v) is 9.41. The Kier molecular flexibility index (Phi) is 17.0. The number of alkyl carbamates (subject to hydrolysis) is 1. The molecule has 8 heterocycles. The standard InChI is InChI=1S/C31H45N7O5.C16H24N6O3.CO2/c1-7-14-37(15-13-21(16-20-11-9-8-10-12-20)36-29(39)43-30(2,3)4)17-22-24-25(42-31(5,6)41-24)28(40-22)38-19-35-23-26(32)33-18-34-27(23)38;1-4-5-18-6-9-11-12(25-16(2,3)24-11)15(23-9)22-8-21-10-13(17)19-7-20-14(10)22;2-1-3/h8-12,18-19,21-22,24-25,28H,7,13-17H2,1-6H3,(H,36,39)(H2,32,33,34);7-9,11-12,15,18H,4-6H2,1-3H3,(H2,17,19,20);/t21-,22+,24+,25?,28+;9-,11-,12?,15-;/m01./s1. The first-order chi connectivity index (χ1) is 33.8. The molecule has 0 saturated carbocycles. The van der Waals surface area contributed by atoms with Crippen LogP contribution in [0.1, 0.15) is 99.6 Å². The van der Waals surface area contributed by atoms with Crippen molar-refractivity contribution in [2.45, 2.75) is 160 Å². The molecule has 2 unspecified atom stereocenters. The van der Waals surface area contributed by atoms with Crippen LogP contribution in [-0.2, 0) is 49.2 Å². The smallest absolute Gasteiger partial charge is 0.407 e. The van der Waals surface area contributed by atoms with Gasteiger partial charge in [-0.3, -0.25) is 9.13 Å². The molecule has 0 radical (unpaired) electrons. The monoisotopic (exact) mass is 988 g/mol. The minimum atomic E-state index is -0.756. The minimum Gasteiger partial charge on any atom is -0.444 e. The number of aromatic nitrogens is 8. The van der Waals surface area contributed by atoms with Crippen LogP contribution < -0.4 is 22.1 Å². The normalized spacial score (nSPS) is 25.4. The fourth-order valence-electron chi connectivity index (χ4n) is 9.41. The minimum absolute atomic E-state index is 0.103. The highest BCUT2D eigenvalue weighted by Crippen LogP contribution is 2.45. The Morgan fingerprint density at radius 2 is 1.30 bits per heavy atom. The molecule has 4 fully saturated rings. The van der Waals surface area contributed by atoms with Crippen LogP contribution in [0.15, 0.2) is 55.6 Å². The van der Waals surface area contributed by atoms with Crippen molar-refractivity contribution in [3.8, 4) is 0 Å². The van der Waals surface area contributed by atoms with E-state index in [1.165, 1.54) is 12.7 Å². The van der Waals surface area contributed by atoms with Crippen molar-refractivity contribution in [1.82, 2.24) is 54.6 Å². The van der Waals surface area contributed by atoms with E-state index >= 15 is 0 Å². The molecule has 0 spiro atoms. The maximum absolute atomic E-state index is 12.7. The summed E-state index contributed by atoms with van der Waals surface area (Å²) in [5.74, 6) is -0.736. The average Bonchev–Trinajstić information content (AvgIpc) is 4.16. The van der Waals surface area contributed by atoms with E-state index < -0.39 is 29.5 Å². The predicted octanol–water partition coefficient (Wildman–Crippen LogP) is 4.31. The summed E-state index contributed by atoms with van der Waals surface area (Å²) in [5.41, 5.74) is 14.8. The first-order valence-electron chi connectivity index (χ1n) is 24.2. The number of rotatable bonds is 16. The Labute approximate surface area is 413 Å². The van der Waals surface area contributed by atoms with Crippen molar-refractivity contribution in [2.75, 3.05) is 44.2 Å². The summed E-state index contributed by atoms with van der Waals surface area (Å²) in [6.07, 6.45) is 7.28. The molecule has 1 aromatic carbocycles. The summed E-state index contributed by atoms with van der Waals surface area (Å²) in [7, 11) is 0. The zero-order chi connectivity index (χ0) is 51.1. The van der Waals surface area contributed by atoms with Crippen LogP contribution in [0.2, 0.25) is 0 Å². The Bertz CT molecular complexity index is 2570. The van der Waals surface area contributed by atoms with Crippen LogP contribution in [0.5, 0.6) is 0 Å². The third-order valence-electron chi connectivity index (χ3n) is 12.2. The van der Waals surface area contributed by atoms with Crippen molar-refractivity contribution in [1.29, 1.82) is 0 Å². The second kappa shape index (κ2) is 22.8. The Balaban J connectivity index is 0.000000223. The molecule has 71 heavy (non-hydrogen) atoms. The molecule has 5 aromatic rings. The highest BCUT2D eigenvalue weighted by molar-refractivity contribution is 5.82. The molecular formula is C48H69N13O10. The van der Waals surface area contributed by atoms with Crippen LogP contribution >= 0.6 is 0 Å². The molecule has 23 heteroatoms. The third kappa shape index (κ3) is 13.0. The molecule has 4 aliphatic rings. The van der Waals surface area contributed by atoms with E-state index in [9.17, 15) is 4.79 Å². The Morgan fingerprint density at radius 3 is 1.82 bits per heavy atom. The molecule has 4 aliphatic heterocycles. The van der Waals surface area contributed by atoms with E-state index in [-0.39, 0.29) is 55.0 Å². The highest BCUT2D eigenvalue weighted by atomic mass is 16.8. The number of carbonyl (C=O) groups excluding carboxylic acids is 3. The van der Waals surface area contributed by atoms with Gasteiger partial charge in [0.25, 0.3) is 0 Å². The number of carbonyl (C=O) groups is 1. The number of nitrogens with zero attached hydrogens (tertiary/aromatic N) is 9. The van der Waals surface area contributed by atoms with Crippen molar-refractivity contribution < 1.29 is 47.5 Å². The summed E-state index contributed by atoms with van der Waals surface area (Å²) in [4.78, 5) is 56.9. The van der Waals surface area contributed by atoms with Crippen LogP contribution in [0.3, 0.4) is 0 Å². The average molecular weight is 988 g/mol. The van der Waals surface area contributed by atoms with Crippen LogP contribution in [0, 0.1) is 0 Å². The number of nitrogen functional groups attached to an aromatic ring is 2. The van der Waals surface area contributed by atoms with Gasteiger partial charge in [-0.15, -0.1) is 0 Å². The lowest BCUT2D eigenvalue weighted by Crippen LogP contribution is -2.44. The van der Waals surface area contributed by atoms with Gasteiger partial charge in [-0.2, -0.15) is 9.59 Å². The number of nitrogens with two attached hydrogens (primary N) is 2. The van der Waals surface area contributed by atoms with Gasteiger partial charge in [0.1, 0.15) is 65.9 Å². The molecule has 9 rings (SSSR count). The number of fused-ring (bicyclic) bond motifs is 4. The van der Waals surface area contributed by atoms with Crippen LogP contribution in [0.25, 0.3) is 22.3 Å². The van der Waals surface area contributed by atoms with Crippen molar-refractivity contribution in [2.24, 2.45) is 0 Å². The summed E-state index contributed by atoms with van der Waals surface area (Å²) < 4.78 is 47.2. The molecule has 23 nitrogen and oxygen atoms in total. The SMILES string of the molecule is CCCN(CC[C@@H](Cc1ccccc1)NC(=O)OC(C)(C)C)C[C@H]1O[C@@H](n2cnc3c(N)ncnc32)C2OC(C)(C)O[C@@H]21.CCCNC[C@H]1O[C@@H](n2cnc3c(N)ncnc32)C2OC(C)(C)O[C@@H]21.O=C=O. The maximum atomic E-state index is 12.7. The van der Waals surface area contributed by atoms with Gasteiger partial charge in [0.05, 0.1) is 12.7 Å². The first kappa shape index (κ1) is 53.1. The predicted molar refractivity (Wildman–Crippen MR) is 258 cm³/mol. The van der Waals surface area contributed by atoms with Gasteiger partial charge < -0.3 is 60.2 Å². The van der Waals surface area contributed by atoms with Gasteiger partial charge in [-0.25, -0.2) is 34.7 Å². The highest BCUT2D eigenvalue weighted by Gasteiger charge is 2.57. The van der Waals surface area contributed by atoms with Crippen LogP contribution in [-0.4, -0.2) is 149 Å². The van der Waals surface area contributed by atoms with E-state index in [1.807, 2.05) is 75.8 Å². The van der Waals surface area contributed by atoms with E-state index in [2.05, 4.69) is 71.4 Å². The lowest BCUT2D eigenvalue weighted by atomic mass is 10.0. The number of hydrogen-bond donors (Lipinski definition) is 4. The molecule has 4 aromatic heterocycles. The van der Waals surface area contributed by atoms with Crippen molar-refractivity contribution >= 4 is 46.2 Å². The van der Waals surface area contributed by atoms with Gasteiger partial charge in [0, 0.05) is 25.7 Å². The molecule has 6 N–H and O–H groups in total. The third-order valence-corrected chi connectivity index (χ3v) is 12.2. The number of amides is 1. The zero-order valence-corrected chi connectivity index (χ0v) is 42.0. The zero-order valence-electron chi connectivity index (χ0n) is 42.0. The van der Waals surface area contributed by atoms with Crippen LogP contribution in [0.4, 0.5) is 16.4 Å². The topological polar surface area (TPSA) is 282 Å². The summed E-state index contributed by atoms with van der Waals surface area (Å²) >= 11 is 0. The second-order valence-electron chi connectivity index (χ2n) is 19.8. The summed E-state index contributed by atoms with van der Waals surface area (Å²) in [5, 5.41) is 6.51. The molecule has 4 saturated heterocycles. The summed E-state index contributed by atoms with van der Waals surface area (Å²) in [6.45, 7) is 21.5. The van der Waals surface area contributed by atoms with Crippen molar-refractivity contribution in [3.63, 3.8) is 0 Å². The van der Waals surface area contributed by atoms with Crippen molar-refractivity contribution in [3.05, 3.63) is 61.2 Å². The summed E-state index contributed by atoms with van der Waals surface area (Å²) in [6, 6.07) is 10.1. The largest absolute Gasteiger partial charge is 0.444 e. The number of hydrogen-bond acceptors (Lipinski definition) is 20. The first-order valence-corrected chi connectivity index (χ1v) is 24.2. The maximum Gasteiger partial charge on any atom is 0.407 e. The molecule has 1 amide bonds. The molecule has 0 aliphatic carbocycles. The number of anilines is 2. The molecule has 386 valence electrons. The van der Waals surface area contributed by atoms with Gasteiger partial charge in [-0.05, 0) is 92.8 Å². The lowest BCUT2D eigenvalue weighted by Gasteiger charge is -2.30. The number of imidazole rings is 2. The van der Waals surface area contributed by atoms with Gasteiger partial charge in [-0.1, -0.05) is 44.2 Å². The number of nitrogens with one attached hydrogen (secondary N) is 2. The van der Waals surface area contributed by atoms with Gasteiger partial charge >= 0.3 is 12.2 Å². The van der Waals surface area contributed by atoms with Gasteiger partial charge in [0.2, 0.25) is 0 Å². The molecule has 0 bridgehead atoms. The van der Waals surface area contributed by atoms with E-state index in [4.69, 9.17) is 54.2 Å². The fraction of sp³-hybridized carbons (Fsp3) is 0.625. The molecular weight excluding hydrogens is 919 g/mol. The van der Waals surface area contributed by atoms with E-state index in [0.29, 0.717) is 53.5 Å². The second-order valence-corrected chi connectivity index (χ2v) is 19.8. The van der Waals surface area contributed by atoms with E-state index in [0.717, 1.165) is 44.5 Å².